The van der Waals surface area contributed by atoms with Crippen LogP contribution < -0.4 is 5.32 Å². The Morgan fingerprint density at radius 3 is 2.95 bits per heavy atom. The van der Waals surface area contributed by atoms with Gasteiger partial charge in [-0.25, -0.2) is 4.98 Å². The lowest BCUT2D eigenvalue weighted by Gasteiger charge is -2.21. The smallest absolute Gasteiger partial charge is 0.249 e. The number of carbonyl (C=O) groups is 1. The zero-order valence-electron chi connectivity index (χ0n) is 11.9. The molecule has 3 heterocycles. The van der Waals surface area contributed by atoms with Crippen molar-refractivity contribution in [2.24, 2.45) is 7.05 Å². The molecular formula is C14H21N3O3. The number of nitrogens with zero attached hydrogens (tertiary/aromatic N) is 2. The van der Waals surface area contributed by atoms with E-state index in [1.54, 1.807) is 6.20 Å². The van der Waals surface area contributed by atoms with Crippen molar-refractivity contribution in [1.82, 2.24) is 14.9 Å². The second-order valence-corrected chi connectivity index (χ2v) is 5.60. The lowest BCUT2D eigenvalue weighted by molar-refractivity contribution is -0.132. The normalized spacial score (nSPS) is 33.5. The Hall–Kier alpha value is -1.40. The van der Waals surface area contributed by atoms with Crippen LogP contribution in [0.5, 0.6) is 0 Å². The molecule has 0 aromatic carbocycles. The molecule has 0 bridgehead atoms. The van der Waals surface area contributed by atoms with Crippen LogP contribution in [0.2, 0.25) is 0 Å². The van der Waals surface area contributed by atoms with E-state index < -0.39 is 0 Å². The van der Waals surface area contributed by atoms with Gasteiger partial charge in [0, 0.05) is 26.0 Å². The average Bonchev–Trinajstić information content (AvgIpc) is 3.10. The molecule has 1 aromatic heterocycles. The van der Waals surface area contributed by atoms with Gasteiger partial charge in [-0.2, -0.15) is 0 Å². The van der Waals surface area contributed by atoms with Gasteiger partial charge in [0.2, 0.25) is 5.91 Å². The summed E-state index contributed by atoms with van der Waals surface area (Å²) in [5, 5.41) is 3.06. The molecule has 0 aliphatic carbocycles. The molecule has 1 amide bonds. The van der Waals surface area contributed by atoms with E-state index in [0.29, 0.717) is 6.61 Å². The van der Waals surface area contributed by atoms with Gasteiger partial charge < -0.3 is 19.4 Å². The number of imidazole rings is 1. The predicted molar refractivity (Wildman–Crippen MR) is 72.0 cm³/mol. The van der Waals surface area contributed by atoms with E-state index in [9.17, 15) is 4.79 Å². The van der Waals surface area contributed by atoms with Crippen molar-refractivity contribution in [3.63, 3.8) is 0 Å². The molecule has 2 aliphatic heterocycles. The van der Waals surface area contributed by atoms with Gasteiger partial charge in [-0.1, -0.05) is 0 Å². The Morgan fingerprint density at radius 1 is 1.45 bits per heavy atom. The number of rotatable bonds is 3. The van der Waals surface area contributed by atoms with Gasteiger partial charge in [-0.05, 0) is 26.2 Å². The van der Waals surface area contributed by atoms with Crippen LogP contribution in [-0.2, 0) is 21.3 Å². The standard InChI is InChI=1S/C14H21N3O3/c1-9-3-4-11(20-9)14(18)16-10-5-8-19-12(10)13-15-6-7-17(13)2/h6-7,9-12H,3-5,8H2,1-2H3,(H,16,18)/t9?,10-,11?,12-/m0/s1. The van der Waals surface area contributed by atoms with Crippen LogP contribution in [0.1, 0.15) is 38.1 Å². The largest absolute Gasteiger partial charge is 0.368 e. The molecule has 2 unspecified atom stereocenters. The summed E-state index contributed by atoms with van der Waals surface area (Å²) in [5.41, 5.74) is 0. The molecular weight excluding hydrogens is 258 g/mol. The van der Waals surface area contributed by atoms with E-state index in [1.165, 1.54) is 0 Å². The summed E-state index contributed by atoms with van der Waals surface area (Å²) in [6.45, 7) is 2.65. The lowest BCUT2D eigenvalue weighted by atomic mass is 10.1. The van der Waals surface area contributed by atoms with Crippen LogP contribution in [0.15, 0.2) is 12.4 Å². The maximum atomic E-state index is 12.2. The summed E-state index contributed by atoms with van der Waals surface area (Å²) in [7, 11) is 1.94. The first kappa shape index (κ1) is 13.6. The Bertz CT molecular complexity index is 488. The zero-order valence-corrected chi connectivity index (χ0v) is 11.9. The van der Waals surface area contributed by atoms with E-state index in [1.807, 2.05) is 24.7 Å². The van der Waals surface area contributed by atoms with Gasteiger partial charge in [0.15, 0.2) is 0 Å². The van der Waals surface area contributed by atoms with Gasteiger partial charge >= 0.3 is 0 Å². The molecule has 0 saturated carbocycles. The van der Waals surface area contributed by atoms with Crippen molar-refractivity contribution >= 4 is 5.91 Å². The molecule has 4 atom stereocenters. The molecule has 2 fully saturated rings. The van der Waals surface area contributed by atoms with Gasteiger partial charge in [0.1, 0.15) is 18.0 Å². The molecule has 3 rings (SSSR count). The number of aromatic nitrogens is 2. The molecule has 6 nitrogen and oxygen atoms in total. The van der Waals surface area contributed by atoms with E-state index >= 15 is 0 Å². The Kier molecular flexibility index (Phi) is 3.76. The summed E-state index contributed by atoms with van der Waals surface area (Å²) >= 11 is 0. The van der Waals surface area contributed by atoms with Crippen molar-refractivity contribution in [3.05, 3.63) is 18.2 Å². The number of aryl methyl sites for hydroxylation is 1. The number of hydrogen-bond acceptors (Lipinski definition) is 4. The Balaban J connectivity index is 1.64. The molecule has 1 N–H and O–H groups in total. The Morgan fingerprint density at radius 2 is 2.30 bits per heavy atom. The SMILES string of the molecule is CC1CCC(C(=O)N[C@H]2CCO[C@@H]2c2nccn2C)O1. The molecule has 110 valence electrons. The quantitative estimate of drug-likeness (QED) is 0.894. The highest BCUT2D eigenvalue weighted by Crippen LogP contribution is 2.28. The summed E-state index contributed by atoms with van der Waals surface area (Å²) in [4.78, 5) is 16.5. The number of amides is 1. The molecule has 6 heteroatoms. The van der Waals surface area contributed by atoms with E-state index in [-0.39, 0.29) is 30.3 Å². The number of hydrogen-bond donors (Lipinski definition) is 1. The molecule has 2 aliphatic rings. The molecule has 2 saturated heterocycles. The number of carbonyl (C=O) groups excluding carboxylic acids is 1. The minimum absolute atomic E-state index is 0.0240. The third kappa shape index (κ3) is 2.58. The topological polar surface area (TPSA) is 65.4 Å². The van der Waals surface area contributed by atoms with Crippen LogP contribution >= 0.6 is 0 Å². The Labute approximate surface area is 118 Å². The summed E-state index contributed by atoms with van der Waals surface area (Å²) in [6, 6.07) is -0.0249. The van der Waals surface area contributed by atoms with Gasteiger partial charge in [0.05, 0.1) is 12.1 Å². The van der Waals surface area contributed by atoms with Crippen molar-refractivity contribution in [2.75, 3.05) is 6.61 Å². The molecule has 0 spiro atoms. The van der Waals surface area contributed by atoms with E-state index in [4.69, 9.17) is 9.47 Å². The van der Waals surface area contributed by atoms with Crippen molar-refractivity contribution in [2.45, 2.75) is 50.5 Å². The summed E-state index contributed by atoms with van der Waals surface area (Å²) < 4.78 is 13.3. The number of nitrogens with one attached hydrogen (secondary N) is 1. The van der Waals surface area contributed by atoms with Crippen LogP contribution in [0.4, 0.5) is 0 Å². The van der Waals surface area contributed by atoms with E-state index in [2.05, 4.69) is 10.3 Å². The highest BCUT2D eigenvalue weighted by Gasteiger charge is 2.36. The fraction of sp³-hybridized carbons (Fsp3) is 0.714. The minimum Gasteiger partial charge on any atom is -0.368 e. The molecule has 20 heavy (non-hydrogen) atoms. The highest BCUT2D eigenvalue weighted by molar-refractivity contribution is 5.81. The lowest BCUT2D eigenvalue weighted by Crippen LogP contribution is -2.43. The zero-order chi connectivity index (χ0) is 14.1. The monoisotopic (exact) mass is 279 g/mol. The maximum Gasteiger partial charge on any atom is 0.249 e. The first-order valence-electron chi connectivity index (χ1n) is 7.20. The van der Waals surface area contributed by atoms with Crippen LogP contribution in [0.25, 0.3) is 0 Å². The van der Waals surface area contributed by atoms with Crippen molar-refractivity contribution in [3.8, 4) is 0 Å². The third-order valence-corrected chi connectivity index (χ3v) is 4.06. The van der Waals surface area contributed by atoms with E-state index in [0.717, 1.165) is 25.1 Å². The highest BCUT2D eigenvalue weighted by atomic mass is 16.5. The van der Waals surface area contributed by atoms with Gasteiger partial charge in [0.25, 0.3) is 0 Å². The average molecular weight is 279 g/mol. The van der Waals surface area contributed by atoms with Crippen LogP contribution in [0.3, 0.4) is 0 Å². The molecule has 0 radical (unpaired) electrons. The third-order valence-electron chi connectivity index (χ3n) is 4.06. The van der Waals surface area contributed by atoms with Crippen LogP contribution in [0, 0.1) is 0 Å². The van der Waals surface area contributed by atoms with Gasteiger partial charge in [-0.15, -0.1) is 0 Å². The van der Waals surface area contributed by atoms with Crippen LogP contribution in [-0.4, -0.2) is 40.3 Å². The summed E-state index contributed by atoms with van der Waals surface area (Å²) in [6.07, 6.45) is 5.89. The fourth-order valence-corrected chi connectivity index (χ4v) is 2.91. The second-order valence-electron chi connectivity index (χ2n) is 5.60. The first-order valence-corrected chi connectivity index (χ1v) is 7.20. The minimum atomic E-state index is -0.312. The first-order chi connectivity index (χ1) is 9.65. The summed E-state index contributed by atoms with van der Waals surface area (Å²) in [5.74, 6) is 0.831. The maximum absolute atomic E-state index is 12.2. The second kappa shape index (κ2) is 5.54. The number of ether oxygens (including phenoxy) is 2. The van der Waals surface area contributed by atoms with Crippen molar-refractivity contribution in [1.29, 1.82) is 0 Å². The fourth-order valence-electron chi connectivity index (χ4n) is 2.91. The molecule has 1 aromatic rings. The van der Waals surface area contributed by atoms with Gasteiger partial charge in [-0.3, -0.25) is 4.79 Å². The van der Waals surface area contributed by atoms with Crippen molar-refractivity contribution < 1.29 is 14.3 Å². The predicted octanol–water partition coefficient (Wildman–Crippen LogP) is 0.934.